The Morgan fingerprint density at radius 3 is 2.53 bits per heavy atom. The van der Waals surface area contributed by atoms with Crippen molar-refractivity contribution in [3.63, 3.8) is 0 Å². The van der Waals surface area contributed by atoms with Crippen molar-refractivity contribution in [2.45, 2.75) is 25.8 Å². The van der Waals surface area contributed by atoms with Gasteiger partial charge in [0.1, 0.15) is 11.5 Å². The molecule has 4 aromatic rings. The highest BCUT2D eigenvalue weighted by atomic mass is 19.1. The molecule has 0 aliphatic carbocycles. The minimum atomic E-state index is -0.255. The van der Waals surface area contributed by atoms with Gasteiger partial charge < -0.3 is 10.1 Å². The van der Waals surface area contributed by atoms with Crippen LogP contribution >= 0.6 is 0 Å². The summed E-state index contributed by atoms with van der Waals surface area (Å²) in [6.45, 7) is 4.91. The summed E-state index contributed by atoms with van der Waals surface area (Å²) < 4.78 is 20.9. The van der Waals surface area contributed by atoms with Gasteiger partial charge in [-0.2, -0.15) is 5.10 Å². The minimum absolute atomic E-state index is 0.213. The normalized spacial score (nSPS) is 15.8. The highest BCUT2D eigenvalue weighted by Crippen LogP contribution is 2.35. The smallest absolute Gasteiger partial charge is 0.123 e. The fraction of sp³-hybridized carbons (Fsp3) is 0.308. The molecule has 1 atom stereocenters. The van der Waals surface area contributed by atoms with Crippen molar-refractivity contribution >= 4 is 5.52 Å². The van der Waals surface area contributed by atoms with Crippen LogP contribution in [0.25, 0.3) is 27.9 Å². The van der Waals surface area contributed by atoms with E-state index in [1.165, 1.54) is 17.7 Å². The topological polar surface area (TPSA) is 51.5 Å². The molecule has 1 saturated heterocycles. The molecule has 6 heteroatoms. The van der Waals surface area contributed by atoms with Gasteiger partial charge in [0.15, 0.2) is 0 Å². The molecular weight excluding hydrogens is 403 g/mol. The predicted molar refractivity (Wildman–Crippen MR) is 124 cm³/mol. The second kappa shape index (κ2) is 9.18. The van der Waals surface area contributed by atoms with Crippen LogP contribution in [0.5, 0.6) is 0 Å². The van der Waals surface area contributed by atoms with Gasteiger partial charge >= 0.3 is 0 Å². The van der Waals surface area contributed by atoms with Gasteiger partial charge in [-0.3, -0.25) is 4.98 Å². The van der Waals surface area contributed by atoms with Gasteiger partial charge in [-0.15, -0.1) is 0 Å². The van der Waals surface area contributed by atoms with E-state index in [4.69, 9.17) is 9.84 Å². The summed E-state index contributed by atoms with van der Waals surface area (Å²) in [5, 5.41) is 8.59. The van der Waals surface area contributed by atoms with E-state index >= 15 is 0 Å². The second-order valence-corrected chi connectivity index (χ2v) is 8.44. The van der Waals surface area contributed by atoms with Crippen molar-refractivity contribution < 1.29 is 9.13 Å². The number of hydrogen-bond acceptors (Lipinski definition) is 4. The first-order chi connectivity index (χ1) is 15.7. The average Bonchev–Trinajstić information content (AvgIpc) is 3.23. The zero-order valence-corrected chi connectivity index (χ0v) is 18.2. The molecule has 0 unspecified atom stereocenters. The van der Waals surface area contributed by atoms with E-state index < -0.39 is 0 Å². The number of ether oxygens (including phenoxy) is 1. The molecule has 4 heterocycles. The Morgan fingerprint density at radius 1 is 1.03 bits per heavy atom. The number of aromatic nitrogens is 3. The Balaban J connectivity index is 1.49. The SMILES string of the molecule is C[C@H](NCC1CCOCC1)c1ccc2c(-c3ccncc3)c(-c3ccc(F)cc3)nn2c1. The van der Waals surface area contributed by atoms with Crippen LogP contribution in [-0.2, 0) is 4.74 Å². The number of pyridine rings is 2. The van der Waals surface area contributed by atoms with Gasteiger partial charge in [0, 0.05) is 49.0 Å². The van der Waals surface area contributed by atoms with Gasteiger partial charge in [-0.05, 0) is 85.8 Å². The summed E-state index contributed by atoms with van der Waals surface area (Å²) in [6, 6.07) is 15.0. The lowest BCUT2D eigenvalue weighted by molar-refractivity contribution is 0.0656. The maximum atomic E-state index is 13.5. The Bertz CT molecular complexity index is 1180. The zero-order valence-electron chi connectivity index (χ0n) is 18.2. The number of benzene rings is 1. The number of halogens is 1. The first-order valence-corrected chi connectivity index (χ1v) is 11.2. The summed E-state index contributed by atoms with van der Waals surface area (Å²) in [7, 11) is 0. The monoisotopic (exact) mass is 430 g/mol. The molecule has 1 aliphatic rings. The average molecular weight is 431 g/mol. The van der Waals surface area contributed by atoms with Gasteiger partial charge in [-0.1, -0.05) is 6.07 Å². The Kier molecular flexibility index (Phi) is 5.97. The molecule has 1 N–H and O–H groups in total. The van der Waals surface area contributed by atoms with Crippen LogP contribution in [0.2, 0.25) is 0 Å². The van der Waals surface area contributed by atoms with E-state index in [0.717, 1.165) is 60.5 Å². The van der Waals surface area contributed by atoms with E-state index in [9.17, 15) is 4.39 Å². The molecule has 164 valence electrons. The maximum absolute atomic E-state index is 13.5. The minimum Gasteiger partial charge on any atom is -0.381 e. The first kappa shape index (κ1) is 20.8. The van der Waals surface area contributed by atoms with Crippen LogP contribution in [0.4, 0.5) is 4.39 Å². The predicted octanol–water partition coefficient (Wildman–Crippen LogP) is 5.28. The van der Waals surface area contributed by atoms with E-state index in [1.807, 2.05) is 16.6 Å². The molecule has 0 amide bonds. The standard InChI is InChI=1S/C26H27FN4O/c1-18(29-16-19-10-14-32-15-11-19)22-4-7-24-25(20-8-12-28-13-9-20)26(30-31(24)17-22)21-2-5-23(27)6-3-21/h2-9,12-13,17-19,29H,10-11,14-16H2,1H3/t18-/m0/s1. The van der Waals surface area contributed by atoms with Crippen molar-refractivity contribution in [1.29, 1.82) is 0 Å². The quantitative estimate of drug-likeness (QED) is 0.452. The van der Waals surface area contributed by atoms with Crippen molar-refractivity contribution in [1.82, 2.24) is 19.9 Å². The lowest BCUT2D eigenvalue weighted by atomic mass is 9.99. The molecule has 1 fully saturated rings. The third-order valence-corrected chi connectivity index (χ3v) is 6.29. The fourth-order valence-electron chi connectivity index (χ4n) is 4.35. The fourth-order valence-corrected chi connectivity index (χ4v) is 4.35. The lowest BCUT2D eigenvalue weighted by Crippen LogP contribution is -2.29. The third-order valence-electron chi connectivity index (χ3n) is 6.29. The Hall–Kier alpha value is -3.09. The Labute approximate surface area is 187 Å². The summed E-state index contributed by atoms with van der Waals surface area (Å²) >= 11 is 0. The van der Waals surface area contributed by atoms with E-state index in [-0.39, 0.29) is 11.9 Å². The van der Waals surface area contributed by atoms with Crippen LogP contribution in [-0.4, -0.2) is 34.4 Å². The van der Waals surface area contributed by atoms with Gasteiger partial charge in [0.05, 0.1) is 5.52 Å². The molecular formula is C26H27FN4O. The van der Waals surface area contributed by atoms with Crippen LogP contribution < -0.4 is 5.32 Å². The van der Waals surface area contributed by atoms with Crippen LogP contribution in [0.3, 0.4) is 0 Å². The van der Waals surface area contributed by atoms with Crippen LogP contribution in [0, 0.1) is 11.7 Å². The maximum Gasteiger partial charge on any atom is 0.123 e. The Morgan fingerprint density at radius 2 is 1.78 bits per heavy atom. The van der Waals surface area contributed by atoms with Gasteiger partial charge in [0.25, 0.3) is 0 Å². The van der Waals surface area contributed by atoms with Crippen molar-refractivity contribution in [2.24, 2.45) is 5.92 Å². The largest absolute Gasteiger partial charge is 0.381 e. The summed E-state index contributed by atoms with van der Waals surface area (Å²) in [4.78, 5) is 4.15. The molecule has 0 bridgehead atoms. The number of fused-ring (bicyclic) bond motifs is 1. The molecule has 0 saturated carbocycles. The summed E-state index contributed by atoms with van der Waals surface area (Å²) in [6.07, 6.45) is 7.89. The van der Waals surface area contributed by atoms with E-state index in [1.54, 1.807) is 24.5 Å². The van der Waals surface area contributed by atoms with Crippen molar-refractivity contribution in [2.75, 3.05) is 19.8 Å². The molecule has 32 heavy (non-hydrogen) atoms. The molecule has 5 nitrogen and oxygen atoms in total. The third kappa shape index (κ3) is 4.29. The van der Waals surface area contributed by atoms with Crippen molar-refractivity contribution in [3.05, 3.63) is 78.5 Å². The lowest BCUT2D eigenvalue weighted by Gasteiger charge is -2.24. The van der Waals surface area contributed by atoms with Gasteiger partial charge in [0.2, 0.25) is 0 Å². The zero-order chi connectivity index (χ0) is 21.9. The molecule has 0 radical (unpaired) electrons. The highest BCUT2D eigenvalue weighted by Gasteiger charge is 2.19. The summed E-state index contributed by atoms with van der Waals surface area (Å²) in [5.41, 5.74) is 5.96. The molecule has 3 aromatic heterocycles. The highest BCUT2D eigenvalue weighted by molar-refractivity contribution is 5.92. The van der Waals surface area contributed by atoms with Gasteiger partial charge in [-0.25, -0.2) is 8.91 Å². The van der Waals surface area contributed by atoms with Crippen LogP contribution in [0.15, 0.2) is 67.1 Å². The van der Waals surface area contributed by atoms with E-state index in [0.29, 0.717) is 5.92 Å². The van der Waals surface area contributed by atoms with Crippen LogP contribution in [0.1, 0.15) is 31.4 Å². The summed E-state index contributed by atoms with van der Waals surface area (Å²) in [5.74, 6) is 0.415. The van der Waals surface area contributed by atoms with Crippen molar-refractivity contribution in [3.8, 4) is 22.4 Å². The number of nitrogens with one attached hydrogen (secondary N) is 1. The number of nitrogens with zero attached hydrogens (tertiary/aromatic N) is 3. The molecule has 5 rings (SSSR count). The molecule has 0 spiro atoms. The molecule has 1 aromatic carbocycles. The number of hydrogen-bond donors (Lipinski definition) is 1. The second-order valence-electron chi connectivity index (χ2n) is 8.44. The van der Waals surface area contributed by atoms with E-state index in [2.05, 4.69) is 35.6 Å². The first-order valence-electron chi connectivity index (χ1n) is 11.2. The number of rotatable bonds is 6. The molecule has 1 aliphatic heterocycles.